The number of thiol groups is 1. The molecule has 194 valence electrons. The van der Waals surface area contributed by atoms with E-state index < -0.39 is 5.97 Å². The van der Waals surface area contributed by atoms with Crippen LogP contribution in [0, 0.1) is 0 Å². The fourth-order valence-corrected chi connectivity index (χ4v) is 6.37. The normalized spacial score (nSPS) is 11.2. The third-order valence-electron chi connectivity index (χ3n) is 6.01. The predicted octanol–water partition coefficient (Wildman–Crippen LogP) is 9.70. The first kappa shape index (κ1) is 34.8. The fraction of sp³-hybridized carbons (Fsp3) is 0.964. The summed E-state index contributed by atoms with van der Waals surface area (Å²) in [7, 11) is -0.269. The van der Waals surface area contributed by atoms with Crippen molar-refractivity contribution in [2.75, 3.05) is 17.3 Å². The Hall–Kier alpha value is 0.619. The number of aliphatic carboxylic acids is 1. The zero-order chi connectivity index (χ0) is 24.1. The minimum absolute atomic E-state index is 0.230. The first-order chi connectivity index (χ1) is 15.6. The van der Waals surface area contributed by atoms with Crippen LogP contribution in [-0.2, 0) is 4.79 Å². The summed E-state index contributed by atoms with van der Waals surface area (Å²) in [6.45, 7) is 4.55. The van der Waals surface area contributed by atoms with Crippen LogP contribution < -0.4 is 0 Å². The van der Waals surface area contributed by atoms with Gasteiger partial charge >= 0.3 is 37.0 Å². The first-order valence-corrected chi connectivity index (χ1v) is 21.7. The van der Waals surface area contributed by atoms with E-state index in [9.17, 15) is 9.90 Å². The van der Waals surface area contributed by atoms with E-state index in [-0.39, 0.29) is 32.0 Å². The topological polar surface area (TPSA) is 37.3 Å². The summed E-state index contributed by atoms with van der Waals surface area (Å²) in [5.41, 5.74) is 0. The average Bonchev–Trinajstić information content (AvgIpc) is 2.76. The van der Waals surface area contributed by atoms with Crippen LogP contribution >= 0.6 is 10.9 Å². The van der Waals surface area contributed by atoms with E-state index in [2.05, 4.69) is 23.7 Å². The summed E-state index contributed by atoms with van der Waals surface area (Å²) in [5.74, 6) is 2.25. The minimum atomic E-state index is -0.574. The zero-order valence-electron chi connectivity index (χ0n) is 22.6. The van der Waals surface area contributed by atoms with Gasteiger partial charge in [0.1, 0.15) is 0 Å². The van der Waals surface area contributed by atoms with Crippen molar-refractivity contribution >= 4 is 38.0 Å². The van der Waals surface area contributed by atoms with Gasteiger partial charge in [-0.15, -0.1) is 0 Å². The van der Waals surface area contributed by atoms with E-state index in [1.165, 1.54) is 140 Å². The molecule has 0 aromatic heterocycles. The van der Waals surface area contributed by atoms with Gasteiger partial charge in [0.05, 0.1) is 5.75 Å². The van der Waals surface area contributed by atoms with E-state index in [1.54, 1.807) is 0 Å². The number of carboxylic acids is 1. The Morgan fingerprint density at radius 3 is 1.06 bits per heavy atom. The number of hydrogen-bond donors (Lipinski definition) is 2. The quantitative estimate of drug-likeness (QED) is 0.0679. The van der Waals surface area contributed by atoms with Crippen molar-refractivity contribution < 1.29 is 9.90 Å². The summed E-state index contributed by atoms with van der Waals surface area (Å²) in [6, 6.07) is 0. The number of rotatable bonds is 24. The Balaban J connectivity index is 0. The maximum atomic E-state index is 11.2. The third-order valence-corrected chi connectivity index (χ3v) is 8.63. The Morgan fingerprint density at radius 1 is 0.562 bits per heavy atom. The van der Waals surface area contributed by atoms with Crippen LogP contribution in [0.15, 0.2) is 0 Å². The number of hydrogen-bond acceptors (Lipinski definition) is 1. The molecule has 0 atom stereocenters. The molecule has 32 heavy (non-hydrogen) atoms. The Labute approximate surface area is 216 Å². The fourth-order valence-electron chi connectivity index (χ4n) is 4.11. The van der Waals surface area contributed by atoms with Gasteiger partial charge in [-0.05, 0) is 24.3 Å². The summed E-state index contributed by atoms with van der Waals surface area (Å²) in [4.78, 5) is 15.8. The molecule has 0 aliphatic heterocycles. The average molecular weight is 580 g/mol. The van der Waals surface area contributed by atoms with Crippen LogP contribution in [0.5, 0.6) is 0 Å². The Bertz CT molecular complexity index is 328. The summed E-state index contributed by atoms with van der Waals surface area (Å²) >= 11 is 0.230. The van der Waals surface area contributed by atoms with Crippen molar-refractivity contribution in [2.45, 2.75) is 152 Å². The molecule has 0 aliphatic carbocycles. The predicted molar refractivity (Wildman–Crippen MR) is 152 cm³/mol. The van der Waals surface area contributed by atoms with Crippen molar-refractivity contribution in [1.29, 1.82) is 0 Å². The van der Waals surface area contributed by atoms with Gasteiger partial charge in [-0.3, -0.25) is 4.79 Å². The van der Waals surface area contributed by atoms with E-state index >= 15 is 0 Å². The maximum absolute atomic E-state index is 11.2. The molecule has 0 aromatic carbocycles. The second kappa shape index (κ2) is 31.6. The van der Waals surface area contributed by atoms with Crippen molar-refractivity contribution in [2.24, 2.45) is 0 Å². The molecular weight excluding hydrogens is 519 g/mol. The summed E-state index contributed by atoms with van der Waals surface area (Å²) in [6.07, 6.45) is 27.3. The zero-order valence-corrected chi connectivity index (χ0v) is 26.3. The van der Waals surface area contributed by atoms with Crippen molar-refractivity contribution in [1.82, 2.24) is 0 Å². The molecule has 0 amide bonds. The number of unbranched alkanes of at least 4 members (excludes halogenated alkanes) is 18. The third kappa shape index (κ3) is 32.8. The van der Waals surface area contributed by atoms with Crippen LogP contribution in [0.3, 0.4) is 0 Å². The molecule has 0 aromatic rings. The van der Waals surface area contributed by atoms with Gasteiger partial charge in [0.2, 0.25) is 0 Å². The van der Waals surface area contributed by atoms with E-state index in [1.807, 2.05) is 0 Å². The van der Waals surface area contributed by atoms with E-state index in [0.29, 0.717) is 5.75 Å². The molecule has 0 spiro atoms. The molecule has 2 nitrogen and oxygen atoms in total. The molecule has 1 N–H and O–H groups in total. The second-order valence-electron chi connectivity index (χ2n) is 9.53. The van der Waals surface area contributed by atoms with Crippen LogP contribution in [0.25, 0.3) is 0 Å². The van der Waals surface area contributed by atoms with Crippen molar-refractivity contribution in [3.05, 3.63) is 0 Å². The first-order valence-electron chi connectivity index (χ1n) is 14.1. The molecular formula is C28H60O2SSn. The molecule has 0 saturated carbocycles. The Kier molecular flexibility index (Phi) is 34.4. The summed E-state index contributed by atoms with van der Waals surface area (Å²) in [5, 5.41) is 9.22. The standard InChI is InChI=1S/C26H54O2S.2CH3.Sn/c1-3-5-7-9-11-13-15-17-19-21-23-29(25-26(27)28)24-22-20-18-16-14-12-10-8-6-4-2;;;/h29H,3-25H2,1-2H3,(H,27,28);2*1H3;. The molecule has 0 rings (SSSR count). The van der Waals surface area contributed by atoms with Crippen LogP contribution in [-0.4, -0.2) is 49.5 Å². The summed E-state index contributed by atoms with van der Waals surface area (Å²) < 4.78 is 0. The van der Waals surface area contributed by atoms with Gasteiger partial charge in [0.15, 0.2) is 0 Å². The van der Waals surface area contributed by atoms with Crippen molar-refractivity contribution in [3.63, 3.8) is 0 Å². The number of carbonyl (C=O) groups is 1. The molecule has 0 saturated heterocycles. The monoisotopic (exact) mass is 580 g/mol. The van der Waals surface area contributed by atoms with Crippen molar-refractivity contribution in [3.8, 4) is 0 Å². The number of carboxylic acid groups (broad SMARTS) is 1. The van der Waals surface area contributed by atoms with Crippen LogP contribution in [0.2, 0.25) is 9.88 Å². The molecule has 4 heteroatoms. The van der Waals surface area contributed by atoms with Gasteiger partial charge < -0.3 is 5.11 Å². The second-order valence-corrected chi connectivity index (χ2v) is 14.9. The SMILES string of the molecule is CCCCCCCCCCCC[SH](CCCCCCCCCCCC)CC(=O)O.[CH3][Sn][CH3]. The van der Waals surface area contributed by atoms with Crippen LogP contribution in [0.1, 0.15) is 142 Å². The van der Waals surface area contributed by atoms with Crippen LogP contribution in [0.4, 0.5) is 0 Å². The van der Waals surface area contributed by atoms with Gasteiger partial charge in [-0.2, -0.15) is 0 Å². The molecule has 0 aliphatic rings. The van der Waals surface area contributed by atoms with E-state index in [0.717, 1.165) is 0 Å². The van der Waals surface area contributed by atoms with Gasteiger partial charge in [-0.25, -0.2) is 10.9 Å². The molecule has 0 unspecified atom stereocenters. The molecule has 0 fully saturated rings. The molecule has 2 radical (unpaired) electrons. The Morgan fingerprint density at radius 2 is 0.812 bits per heavy atom. The van der Waals surface area contributed by atoms with Gasteiger partial charge in [0.25, 0.3) is 0 Å². The van der Waals surface area contributed by atoms with Gasteiger partial charge in [-0.1, -0.05) is 129 Å². The van der Waals surface area contributed by atoms with Gasteiger partial charge in [0, 0.05) is 0 Å². The molecule has 0 heterocycles. The van der Waals surface area contributed by atoms with E-state index in [4.69, 9.17) is 0 Å². The molecule has 0 bridgehead atoms.